The van der Waals surface area contributed by atoms with E-state index in [0.29, 0.717) is 13.0 Å². The van der Waals surface area contributed by atoms with E-state index in [4.69, 9.17) is 0 Å². The van der Waals surface area contributed by atoms with E-state index in [0.717, 1.165) is 22.6 Å². The summed E-state index contributed by atoms with van der Waals surface area (Å²) >= 11 is 3.33. The van der Waals surface area contributed by atoms with Gasteiger partial charge in [-0.15, -0.1) is 0 Å². The number of anilines is 1. The minimum absolute atomic E-state index is 0.0254. The number of hydrogen-bond acceptors (Lipinski definition) is 3. The zero-order valence-corrected chi connectivity index (χ0v) is 12.6. The average Bonchev–Trinajstić information content (AvgIpc) is 2.95. The standard InChI is InChI=1S/C13H16BrN5O/c14-11-5-15-18(8-11)4-3-13(20)17-12-6-16-19(9-12)7-10-1-2-10/h5-6,8-10H,1-4,7H2,(H,17,20). The number of rotatable bonds is 6. The number of amides is 1. The van der Waals surface area contributed by atoms with Gasteiger partial charge in [0.15, 0.2) is 0 Å². The molecule has 0 saturated heterocycles. The van der Waals surface area contributed by atoms with Gasteiger partial charge in [0.25, 0.3) is 0 Å². The molecule has 0 aromatic carbocycles. The van der Waals surface area contributed by atoms with Crippen molar-refractivity contribution in [2.45, 2.75) is 32.4 Å². The Bertz CT molecular complexity index is 601. The first-order valence-electron chi connectivity index (χ1n) is 6.69. The molecule has 6 nitrogen and oxygen atoms in total. The lowest BCUT2D eigenvalue weighted by Crippen LogP contribution is -2.14. The second-order valence-electron chi connectivity index (χ2n) is 5.11. The minimum Gasteiger partial charge on any atom is -0.323 e. The topological polar surface area (TPSA) is 64.7 Å². The molecule has 0 unspecified atom stereocenters. The maximum Gasteiger partial charge on any atom is 0.226 e. The third-order valence-electron chi connectivity index (χ3n) is 3.23. The van der Waals surface area contributed by atoms with Crippen LogP contribution in [0.1, 0.15) is 19.3 Å². The van der Waals surface area contributed by atoms with Gasteiger partial charge in [-0.05, 0) is 34.7 Å². The van der Waals surface area contributed by atoms with Crippen LogP contribution in [0, 0.1) is 5.92 Å². The van der Waals surface area contributed by atoms with Crippen LogP contribution < -0.4 is 5.32 Å². The molecule has 2 aromatic heterocycles. The van der Waals surface area contributed by atoms with Crippen LogP contribution in [0.4, 0.5) is 5.69 Å². The van der Waals surface area contributed by atoms with Gasteiger partial charge in [-0.3, -0.25) is 14.2 Å². The SMILES string of the molecule is O=C(CCn1cc(Br)cn1)Nc1cnn(CC2CC2)c1. The van der Waals surface area contributed by atoms with Crippen molar-refractivity contribution in [3.05, 3.63) is 29.3 Å². The van der Waals surface area contributed by atoms with Gasteiger partial charge in [-0.2, -0.15) is 10.2 Å². The monoisotopic (exact) mass is 337 g/mol. The highest BCUT2D eigenvalue weighted by atomic mass is 79.9. The molecular formula is C13H16BrN5O. The lowest BCUT2D eigenvalue weighted by atomic mass is 10.4. The van der Waals surface area contributed by atoms with Crippen LogP contribution in [0.25, 0.3) is 0 Å². The van der Waals surface area contributed by atoms with E-state index < -0.39 is 0 Å². The molecule has 1 amide bonds. The smallest absolute Gasteiger partial charge is 0.226 e. The zero-order chi connectivity index (χ0) is 13.9. The normalized spacial score (nSPS) is 14.4. The maximum atomic E-state index is 11.8. The number of halogens is 1. The minimum atomic E-state index is -0.0254. The Morgan fingerprint density at radius 2 is 2.10 bits per heavy atom. The van der Waals surface area contributed by atoms with Crippen LogP contribution in [0.2, 0.25) is 0 Å². The van der Waals surface area contributed by atoms with Crippen molar-refractivity contribution in [3.8, 4) is 0 Å². The summed E-state index contributed by atoms with van der Waals surface area (Å²) in [4.78, 5) is 11.8. The van der Waals surface area contributed by atoms with E-state index in [9.17, 15) is 4.79 Å². The van der Waals surface area contributed by atoms with E-state index in [2.05, 4.69) is 31.4 Å². The lowest BCUT2D eigenvalue weighted by Gasteiger charge is -2.02. The number of aryl methyl sites for hydroxylation is 1. The highest BCUT2D eigenvalue weighted by Crippen LogP contribution is 2.30. The average molecular weight is 338 g/mol. The van der Waals surface area contributed by atoms with E-state index in [1.165, 1.54) is 12.8 Å². The number of carbonyl (C=O) groups excluding carboxylic acids is 1. The van der Waals surface area contributed by atoms with E-state index in [1.807, 2.05) is 17.1 Å². The second kappa shape index (κ2) is 5.78. The summed E-state index contributed by atoms with van der Waals surface area (Å²) in [7, 11) is 0. The molecule has 1 saturated carbocycles. The van der Waals surface area contributed by atoms with Crippen molar-refractivity contribution in [2.24, 2.45) is 5.92 Å². The van der Waals surface area contributed by atoms with Crippen LogP contribution in [0.5, 0.6) is 0 Å². The molecule has 7 heteroatoms. The van der Waals surface area contributed by atoms with Gasteiger partial charge >= 0.3 is 0 Å². The van der Waals surface area contributed by atoms with Crippen LogP contribution in [-0.4, -0.2) is 25.5 Å². The summed E-state index contributed by atoms with van der Waals surface area (Å²) in [5.74, 6) is 0.749. The molecule has 1 fully saturated rings. The molecule has 20 heavy (non-hydrogen) atoms. The van der Waals surface area contributed by atoms with Crippen molar-refractivity contribution >= 4 is 27.5 Å². The molecule has 1 N–H and O–H groups in total. The number of carbonyl (C=O) groups is 1. The quantitative estimate of drug-likeness (QED) is 0.879. The number of nitrogens with one attached hydrogen (secondary N) is 1. The van der Waals surface area contributed by atoms with Gasteiger partial charge in [0.2, 0.25) is 5.91 Å². The van der Waals surface area contributed by atoms with E-state index in [-0.39, 0.29) is 5.91 Å². The molecule has 0 atom stereocenters. The Morgan fingerprint density at radius 3 is 2.80 bits per heavy atom. The number of aromatic nitrogens is 4. The Balaban J connectivity index is 1.46. The first-order chi connectivity index (χ1) is 9.69. The molecule has 0 aliphatic heterocycles. The summed E-state index contributed by atoms with van der Waals surface area (Å²) in [5, 5.41) is 11.2. The van der Waals surface area contributed by atoms with Crippen LogP contribution in [0.3, 0.4) is 0 Å². The van der Waals surface area contributed by atoms with Crippen molar-refractivity contribution in [1.82, 2.24) is 19.6 Å². The van der Waals surface area contributed by atoms with E-state index >= 15 is 0 Å². The second-order valence-corrected chi connectivity index (χ2v) is 6.03. The molecule has 1 aliphatic rings. The lowest BCUT2D eigenvalue weighted by molar-refractivity contribution is -0.116. The maximum absolute atomic E-state index is 11.8. The fraction of sp³-hybridized carbons (Fsp3) is 0.462. The largest absolute Gasteiger partial charge is 0.323 e. The predicted octanol–water partition coefficient (Wildman–Crippen LogP) is 2.28. The number of hydrogen-bond donors (Lipinski definition) is 1. The van der Waals surface area contributed by atoms with Crippen molar-refractivity contribution < 1.29 is 4.79 Å². The van der Waals surface area contributed by atoms with Gasteiger partial charge in [-0.25, -0.2) is 0 Å². The molecule has 2 aromatic rings. The van der Waals surface area contributed by atoms with E-state index in [1.54, 1.807) is 17.1 Å². The molecular weight excluding hydrogens is 322 g/mol. The van der Waals surface area contributed by atoms with Gasteiger partial charge < -0.3 is 5.32 Å². The molecule has 0 bridgehead atoms. The summed E-state index contributed by atoms with van der Waals surface area (Å²) in [6, 6.07) is 0. The third-order valence-corrected chi connectivity index (χ3v) is 3.64. The summed E-state index contributed by atoms with van der Waals surface area (Å²) in [6.07, 6.45) is 10.1. The number of nitrogens with zero attached hydrogens (tertiary/aromatic N) is 4. The fourth-order valence-electron chi connectivity index (χ4n) is 1.99. The molecule has 0 spiro atoms. The third kappa shape index (κ3) is 3.69. The van der Waals surface area contributed by atoms with Crippen molar-refractivity contribution in [2.75, 3.05) is 5.32 Å². The van der Waals surface area contributed by atoms with Gasteiger partial charge in [0.1, 0.15) is 0 Å². The molecule has 0 radical (unpaired) electrons. The Labute approximate surface area is 125 Å². The van der Waals surface area contributed by atoms with Crippen molar-refractivity contribution in [1.29, 1.82) is 0 Å². The highest BCUT2D eigenvalue weighted by molar-refractivity contribution is 9.10. The van der Waals surface area contributed by atoms with Gasteiger partial charge in [0, 0.05) is 31.9 Å². The zero-order valence-electron chi connectivity index (χ0n) is 11.0. The first-order valence-corrected chi connectivity index (χ1v) is 7.48. The van der Waals surface area contributed by atoms with Crippen LogP contribution in [0.15, 0.2) is 29.3 Å². The highest BCUT2D eigenvalue weighted by Gasteiger charge is 2.22. The van der Waals surface area contributed by atoms with Crippen LogP contribution >= 0.6 is 15.9 Å². The summed E-state index contributed by atoms with van der Waals surface area (Å²) in [6.45, 7) is 1.52. The van der Waals surface area contributed by atoms with Gasteiger partial charge in [0.05, 0.1) is 22.6 Å². The molecule has 2 heterocycles. The summed E-state index contributed by atoms with van der Waals surface area (Å²) < 4.78 is 4.55. The summed E-state index contributed by atoms with van der Waals surface area (Å²) in [5.41, 5.74) is 0.761. The van der Waals surface area contributed by atoms with Crippen LogP contribution in [-0.2, 0) is 17.9 Å². The first kappa shape index (κ1) is 13.4. The molecule has 3 rings (SSSR count). The molecule has 106 valence electrons. The van der Waals surface area contributed by atoms with Crippen molar-refractivity contribution in [3.63, 3.8) is 0 Å². The Morgan fingerprint density at radius 1 is 1.30 bits per heavy atom. The predicted molar refractivity (Wildman–Crippen MR) is 78.1 cm³/mol. The van der Waals surface area contributed by atoms with Gasteiger partial charge in [-0.1, -0.05) is 0 Å². The fourth-order valence-corrected chi connectivity index (χ4v) is 2.32. The molecule has 1 aliphatic carbocycles. The Kier molecular flexibility index (Phi) is 3.86. The Hall–Kier alpha value is -1.63.